The van der Waals surface area contributed by atoms with E-state index in [4.69, 9.17) is 4.74 Å². The molecular formula is C16H16FNO. The van der Waals surface area contributed by atoms with E-state index in [-0.39, 0.29) is 18.0 Å². The van der Waals surface area contributed by atoms with Crippen molar-refractivity contribution in [2.75, 3.05) is 13.1 Å². The quantitative estimate of drug-likeness (QED) is 0.892. The Kier molecular flexibility index (Phi) is 3.58. The molecule has 19 heavy (non-hydrogen) atoms. The molecule has 0 bridgehead atoms. The zero-order valence-electron chi connectivity index (χ0n) is 10.6. The lowest BCUT2D eigenvalue weighted by Gasteiger charge is -2.31. The number of halogens is 1. The van der Waals surface area contributed by atoms with Gasteiger partial charge in [-0.3, -0.25) is 0 Å². The van der Waals surface area contributed by atoms with Crippen molar-refractivity contribution in [3.05, 3.63) is 71.5 Å². The predicted molar refractivity (Wildman–Crippen MR) is 72.3 cm³/mol. The van der Waals surface area contributed by atoms with Crippen LogP contribution in [0, 0.1) is 5.82 Å². The second kappa shape index (κ2) is 5.51. The maximum absolute atomic E-state index is 12.9. The zero-order valence-corrected chi connectivity index (χ0v) is 10.6. The lowest BCUT2D eigenvalue weighted by molar-refractivity contribution is -0.0406. The Hall–Kier alpha value is -1.71. The minimum absolute atomic E-state index is 0.0282. The summed E-state index contributed by atoms with van der Waals surface area (Å²) in [5.74, 6) is -0.216. The van der Waals surface area contributed by atoms with Crippen molar-refractivity contribution in [3.8, 4) is 0 Å². The molecule has 2 aromatic rings. The van der Waals surface area contributed by atoms with Gasteiger partial charge >= 0.3 is 0 Å². The normalized spacial score (nSPS) is 23.2. The monoisotopic (exact) mass is 257 g/mol. The Morgan fingerprint density at radius 1 is 0.842 bits per heavy atom. The highest BCUT2D eigenvalue weighted by atomic mass is 19.1. The van der Waals surface area contributed by atoms with Gasteiger partial charge in [0.2, 0.25) is 0 Å². The van der Waals surface area contributed by atoms with Crippen LogP contribution in [0.5, 0.6) is 0 Å². The van der Waals surface area contributed by atoms with Crippen LogP contribution in [-0.4, -0.2) is 13.1 Å². The Balaban J connectivity index is 1.76. The molecule has 0 aromatic heterocycles. The number of hydrogen-bond donors (Lipinski definition) is 1. The fourth-order valence-corrected chi connectivity index (χ4v) is 2.38. The molecule has 0 aliphatic carbocycles. The van der Waals surface area contributed by atoms with Crippen molar-refractivity contribution in [1.82, 2.24) is 5.32 Å². The molecular weight excluding hydrogens is 241 g/mol. The van der Waals surface area contributed by atoms with Gasteiger partial charge in [0.05, 0.1) is 12.2 Å². The Morgan fingerprint density at radius 2 is 1.42 bits per heavy atom. The van der Waals surface area contributed by atoms with Gasteiger partial charge in [0.25, 0.3) is 0 Å². The highest BCUT2D eigenvalue weighted by Gasteiger charge is 2.24. The molecule has 2 atom stereocenters. The summed E-state index contributed by atoms with van der Waals surface area (Å²) in [6.45, 7) is 1.57. The van der Waals surface area contributed by atoms with Crippen molar-refractivity contribution >= 4 is 0 Å². The average Bonchev–Trinajstić information content (AvgIpc) is 2.49. The Bertz CT molecular complexity index is 526. The van der Waals surface area contributed by atoms with Gasteiger partial charge in [0, 0.05) is 13.1 Å². The van der Waals surface area contributed by atoms with Crippen molar-refractivity contribution in [3.63, 3.8) is 0 Å². The van der Waals surface area contributed by atoms with Crippen LogP contribution in [0.3, 0.4) is 0 Å². The lowest BCUT2D eigenvalue weighted by atomic mass is 10.0. The predicted octanol–water partition coefficient (Wildman–Crippen LogP) is 3.23. The third-order valence-electron chi connectivity index (χ3n) is 3.40. The van der Waals surface area contributed by atoms with Crippen LogP contribution in [0.25, 0.3) is 0 Å². The van der Waals surface area contributed by atoms with E-state index >= 15 is 0 Å². The molecule has 0 radical (unpaired) electrons. The minimum atomic E-state index is -0.216. The molecule has 0 spiro atoms. The van der Waals surface area contributed by atoms with Crippen LogP contribution in [0.2, 0.25) is 0 Å². The molecule has 3 heteroatoms. The fourth-order valence-electron chi connectivity index (χ4n) is 2.38. The van der Waals surface area contributed by atoms with E-state index in [0.717, 1.165) is 18.7 Å². The van der Waals surface area contributed by atoms with Gasteiger partial charge in [-0.2, -0.15) is 0 Å². The molecule has 1 aliphatic rings. The van der Waals surface area contributed by atoms with Gasteiger partial charge in [0.15, 0.2) is 0 Å². The number of morpholine rings is 1. The van der Waals surface area contributed by atoms with E-state index < -0.39 is 0 Å². The number of ether oxygens (including phenoxy) is 1. The first kappa shape index (κ1) is 12.3. The maximum Gasteiger partial charge on any atom is 0.123 e. The lowest BCUT2D eigenvalue weighted by Crippen LogP contribution is -2.35. The van der Waals surface area contributed by atoms with E-state index in [0.29, 0.717) is 0 Å². The number of nitrogens with one attached hydrogen (secondary N) is 1. The average molecular weight is 257 g/mol. The largest absolute Gasteiger partial charge is 0.363 e. The summed E-state index contributed by atoms with van der Waals surface area (Å²) in [7, 11) is 0. The first-order valence-corrected chi connectivity index (χ1v) is 6.49. The summed E-state index contributed by atoms with van der Waals surface area (Å²) in [6, 6.07) is 16.7. The summed E-state index contributed by atoms with van der Waals surface area (Å²) < 4.78 is 19.1. The summed E-state index contributed by atoms with van der Waals surface area (Å²) >= 11 is 0. The molecule has 0 amide bonds. The van der Waals surface area contributed by atoms with Crippen LogP contribution in [0.4, 0.5) is 4.39 Å². The van der Waals surface area contributed by atoms with E-state index in [9.17, 15) is 4.39 Å². The highest BCUT2D eigenvalue weighted by Crippen LogP contribution is 2.29. The second-order valence-corrected chi connectivity index (χ2v) is 4.73. The topological polar surface area (TPSA) is 21.3 Å². The molecule has 98 valence electrons. The van der Waals surface area contributed by atoms with Gasteiger partial charge in [-0.1, -0.05) is 42.5 Å². The maximum atomic E-state index is 12.9. The van der Waals surface area contributed by atoms with E-state index in [1.807, 2.05) is 18.2 Å². The standard InChI is InChI=1S/C16H16FNO/c17-14-8-6-13(7-9-14)16-11-18-10-15(19-16)12-4-2-1-3-5-12/h1-9,15-16,18H,10-11H2/t15-,16-/m0/s1. The van der Waals surface area contributed by atoms with Crippen molar-refractivity contribution in [1.29, 1.82) is 0 Å². The number of benzene rings is 2. The summed E-state index contributed by atoms with van der Waals surface area (Å²) in [5, 5.41) is 3.38. The molecule has 0 saturated carbocycles. The minimum Gasteiger partial charge on any atom is -0.363 e. The third kappa shape index (κ3) is 2.83. The second-order valence-electron chi connectivity index (χ2n) is 4.73. The van der Waals surface area contributed by atoms with E-state index in [1.165, 1.54) is 17.7 Å². The molecule has 1 heterocycles. The zero-order chi connectivity index (χ0) is 13.1. The van der Waals surface area contributed by atoms with Crippen LogP contribution >= 0.6 is 0 Å². The van der Waals surface area contributed by atoms with Crippen LogP contribution < -0.4 is 5.32 Å². The van der Waals surface area contributed by atoms with Crippen LogP contribution in [0.15, 0.2) is 54.6 Å². The third-order valence-corrected chi connectivity index (χ3v) is 3.40. The Morgan fingerprint density at radius 3 is 2.05 bits per heavy atom. The summed E-state index contributed by atoms with van der Waals surface area (Å²) in [4.78, 5) is 0. The van der Waals surface area contributed by atoms with Crippen LogP contribution in [-0.2, 0) is 4.74 Å². The highest BCUT2D eigenvalue weighted by molar-refractivity contribution is 5.22. The Labute approximate surface area is 112 Å². The fraction of sp³-hybridized carbons (Fsp3) is 0.250. The molecule has 1 N–H and O–H groups in total. The van der Waals surface area contributed by atoms with E-state index in [2.05, 4.69) is 17.4 Å². The first-order valence-electron chi connectivity index (χ1n) is 6.49. The van der Waals surface area contributed by atoms with Gasteiger partial charge in [-0.25, -0.2) is 4.39 Å². The molecule has 2 aromatic carbocycles. The van der Waals surface area contributed by atoms with Crippen LogP contribution in [0.1, 0.15) is 23.3 Å². The van der Waals surface area contributed by atoms with Crippen molar-refractivity contribution < 1.29 is 9.13 Å². The molecule has 2 nitrogen and oxygen atoms in total. The molecule has 1 aliphatic heterocycles. The number of rotatable bonds is 2. The number of hydrogen-bond acceptors (Lipinski definition) is 2. The SMILES string of the molecule is Fc1ccc([C@@H]2CNC[C@@H](c3ccccc3)O2)cc1. The summed E-state index contributed by atoms with van der Waals surface area (Å²) in [5.41, 5.74) is 2.18. The van der Waals surface area contributed by atoms with Gasteiger partial charge in [-0.15, -0.1) is 0 Å². The van der Waals surface area contributed by atoms with Gasteiger partial charge < -0.3 is 10.1 Å². The van der Waals surface area contributed by atoms with E-state index in [1.54, 1.807) is 12.1 Å². The van der Waals surface area contributed by atoms with Crippen molar-refractivity contribution in [2.24, 2.45) is 0 Å². The molecule has 0 unspecified atom stereocenters. The molecule has 1 saturated heterocycles. The smallest absolute Gasteiger partial charge is 0.123 e. The van der Waals surface area contributed by atoms with Gasteiger partial charge in [-0.05, 0) is 23.3 Å². The molecule has 1 fully saturated rings. The van der Waals surface area contributed by atoms with Crippen molar-refractivity contribution in [2.45, 2.75) is 12.2 Å². The first-order chi connectivity index (χ1) is 9.33. The molecule has 3 rings (SSSR count). The summed E-state index contributed by atoms with van der Waals surface area (Å²) in [6.07, 6.45) is 0.0181. The van der Waals surface area contributed by atoms with Gasteiger partial charge in [0.1, 0.15) is 5.82 Å².